The summed E-state index contributed by atoms with van der Waals surface area (Å²) < 4.78 is 0. The van der Waals surface area contributed by atoms with Crippen molar-refractivity contribution in [2.75, 3.05) is 7.05 Å². The molecule has 0 spiro atoms. The Morgan fingerprint density at radius 3 is 2.42 bits per heavy atom. The average molecular weight is 330 g/mol. The molecule has 1 aromatic rings. The van der Waals surface area contributed by atoms with Crippen LogP contribution < -0.4 is 10.6 Å². The molecule has 0 heterocycles. The summed E-state index contributed by atoms with van der Waals surface area (Å²) in [7, 11) is 1.71. The molecule has 0 radical (unpaired) electrons. The molecule has 132 valence electrons. The molecule has 0 bridgehead atoms. The maximum Gasteiger partial charge on any atom is 0.224 e. The monoisotopic (exact) mass is 330 g/mol. The van der Waals surface area contributed by atoms with Gasteiger partial charge in [0.1, 0.15) is 0 Å². The lowest BCUT2D eigenvalue weighted by molar-refractivity contribution is -0.126. The maximum absolute atomic E-state index is 12.1. The minimum atomic E-state index is 0.0436. The Labute approximate surface area is 145 Å². The minimum absolute atomic E-state index is 0.0436. The fourth-order valence-corrected chi connectivity index (χ4v) is 4.15. The Kier molecular flexibility index (Phi) is 6.16. The number of ketones is 1. The van der Waals surface area contributed by atoms with E-state index < -0.39 is 0 Å². The molecule has 1 fully saturated rings. The predicted molar refractivity (Wildman–Crippen MR) is 97.3 cm³/mol. The van der Waals surface area contributed by atoms with E-state index in [-0.39, 0.29) is 23.7 Å². The molecule has 0 unspecified atom stereocenters. The molecular weight excluding hydrogens is 300 g/mol. The second-order valence-corrected chi connectivity index (χ2v) is 7.04. The summed E-state index contributed by atoms with van der Waals surface area (Å²) in [5.74, 6) is 0.295. The van der Waals surface area contributed by atoms with Crippen molar-refractivity contribution in [3.8, 4) is 0 Å². The van der Waals surface area contributed by atoms with Gasteiger partial charge in [0, 0.05) is 25.2 Å². The highest BCUT2D eigenvalue weighted by atomic mass is 16.1. The predicted octanol–water partition coefficient (Wildman–Crippen LogP) is 3.21. The summed E-state index contributed by atoms with van der Waals surface area (Å²) in [5.41, 5.74) is 5.34. The topological polar surface area (TPSA) is 58.2 Å². The molecule has 0 aromatic heterocycles. The summed E-state index contributed by atoms with van der Waals surface area (Å²) in [6.07, 6.45) is 4.26. The standard InChI is InChI=1S/C20H30N2O2/c1-12-10-13(2)19(15(4)23)14(3)17(12)11-22-18-9-7-6-8-16(18)20(24)21-5/h10,16,18,22H,6-9,11H2,1-5H3,(H,21,24)/t16-,18-/m0/s1. The zero-order valence-corrected chi connectivity index (χ0v) is 15.6. The van der Waals surface area contributed by atoms with E-state index in [4.69, 9.17) is 0 Å². The van der Waals surface area contributed by atoms with E-state index >= 15 is 0 Å². The van der Waals surface area contributed by atoms with Crippen LogP contribution in [0, 0.1) is 26.7 Å². The van der Waals surface area contributed by atoms with Crippen LogP contribution in [0.5, 0.6) is 0 Å². The smallest absolute Gasteiger partial charge is 0.224 e. The van der Waals surface area contributed by atoms with Gasteiger partial charge in [-0.3, -0.25) is 9.59 Å². The summed E-state index contributed by atoms with van der Waals surface area (Å²) in [4.78, 5) is 24.1. The Morgan fingerprint density at radius 2 is 1.79 bits per heavy atom. The zero-order chi connectivity index (χ0) is 17.9. The minimum Gasteiger partial charge on any atom is -0.359 e. The van der Waals surface area contributed by atoms with Crippen LogP contribution in [0.4, 0.5) is 0 Å². The summed E-state index contributed by atoms with van der Waals surface area (Å²) in [6, 6.07) is 2.30. The summed E-state index contributed by atoms with van der Waals surface area (Å²) in [6.45, 7) is 8.46. The van der Waals surface area contributed by atoms with Crippen molar-refractivity contribution in [1.82, 2.24) is 10.6 Å². The molecule has 4 nitrogen and oxygen atoms in total. The van der Waals surface area contributed by atoms with Crippen LogP contribution in [-0.2, 0) is 11.3 Å². The van der Waals surface area contributed by atoms with Gasteiger partial charge < -0.3 is 10.6 Å². The Bertz CT molecular complexity index is 637. The van der Waals surface area contributed by atoms with Crippen molar-refractivity contribution in [3.05, 3.63) is 33.9 Å². The molecular formula is C20H30N2O2. The molecule has 1 saturated carbocycles. The Hall–Kier alpha value is -1.68. The van der Waals surface area contributed by atoms with Crippen molar-refractivity contribution in [1.29, 1.82) is 0 Å². The van der Waals surface area contributed by atoms with Crippen LogP contribution in [0.25, 0.3) is 0 Å². The molecule has 2 atom stereocenters. The number of carbonyl (C=O) groups excluding carboxylic acids is 2. The molecule has 1 amide bonds. The fraction of sp³-hybridized carbons (Fsp3) is 0.600. The van der Waals surface area contributed by atoms with Crippen LogP contribution in [0.3, 0.4) is 0 Å². The highest BCUT2D eigenvalue weighted by Crippen LogP contribution is 2.27. The highest BCUT2D eigenvalue weighted by Gasteiger charge is 2.30. The normalized spacial score (nSPS) is 20.7. The van der Waals surface area contributed by atoms with E-state index in [0.29, 0.717) is 6.54 Å². The number of amides is 1. The molecule has 1 aliphatic carbocycles. The highest BCUT2D eigenvalue weighted by molar-refractivity contribution is 5.97. The molecule has 1 aliphatic rings. The van der Waals surface area contributed by atoms with E-state index in [0.717, 1.165) is 42.4 Å². The molecule has 2 rings (SSSR count). The zero-order valence-electron chi connectivity index (χ0n) is 15.6. The van der Waals surface area contributed by atoms with Crippen molar-refractivity contribution >= 4 is 11.7 Å². The van der Waals surface area contributed by atoms with E-state index in [9.17, 15) is 9.59 Å². The van der Waals surface area contributed by atoms with Gasteiger partial charge in [0.2, 0.25) is 5.91 Å². The van der Waals surface area contributed by atoms with Gasteiger partial charge in [-0.25, -0.2) is 0 Å². The molecule has 4 heteroatoms. The van der Waals surface area contributed by atoms with Crippen LogP contribution in [0.1, 0.15) is 65.2 Å². The summed E-state index contributed by atoms with van der Waals surface area (Å²) >= 11 is 0. The Morgan fingerprint density at radius 1 is 1.12 bits per heavy atom. The van der Waals surface area contributed by atoms with Crippen LogP contribution >= 0.6 is 0 Å². The molecule has 2 N–H and O–H groups in total. The SMILES string of the molecule is CNC(=O)[C@H]1CCCC[C@@H]1NCc1c(C)cc(C)c(C(C)=O)c1C. The van der Waals surface area contributed by atoms with Crippen LogP contribution in [0.2, 0.25) is 0 Å². The van der Waals surface area contributed by atoms with E-state index in [1.807, 2.05) is 13.8 Å². The van der Waals surface area contributed by atoms with Crippen molar-refractivity contribution in [2.45, 2.75) is 66.0 Å². The van der Waals surface area contributed by atoms with E-state index in [1.165, 1.54) is 11.1 Å². The number of hydrogen-bond donors (Lipinski definition) is 2. The molecule has 0 aliphatic heterocycles. The van der Waals surface area contributed by atoms with Crippen LogP contribution in [-0.4, -0.2) is 24.8 Å². The number of benzene rings is 1. The van der Waals surface area contributed by atoms with Crippen molar-refractivity contribution in [2.24, 2.45) is 5.92 Å². The Balaban J connectivity index is 2.20. The first kappa shape index (κ1) is 18.7. The molecule has 24 heavy (non-hydrogen) atoms. The largest absolute Gasteiger partial charge is 0.359 e. The van der Waals surface area contributed by atoms with E-state index in [2.05, 4.69) is 23.6 Å². The lowest BCUT2D eigenvalue weighted by atomic mass is 9.83. The van der Waals surface area contributed by atoms with Gasteiger partial charge in [0.05, 0.1) is 5.92 Å². The van der Waals surface area contributed by atoms with Crippen LogP contribution in [0.15, 0.2) is 6.07 Å². The molecule has 1 aromatic carbocycles. The number of nitrogens with one attached hydrogen (secondary N) is 2. The first-order valence-corrected chi connectivity index (χ1v) is 8.92. The van der Waals surface area contributed by atoms with Gasteiger partial charge in [-0.15, -0.1) is 0 Å². The third-order valence-electron chi connectivity index (χ3n) is 5.37. The lowest BCUT2D eigenvalue weighted by Gasteiger charge is -2.31. The van der Waals surface area contributed by atoms with Gasteiger partial charge in [0.15, 0.2) is 5.78 Å². The number of carbonyl (C=O) groups is 2. The maximum atomic E-state index is 12.1. The van der Waals surface area contributed by atoms with Gasteiger partial charge in [-0.05, 0) is 62.8 Å². The van der Waals surface area contributed by atoms with Gasteiger partial charge >= 0.3 is 0 Å². The van der Waals surface area contributed by atoms with Crippen molar-refractivity contribution < 1.29 is 9.59 Å². The first-order chi connectivity index (χ1) is 11.4. The number of hydrogen-bond acceptors (Lipinski definition) is 3. The van der Waals surface area contributed by atoms with Gasteiger partial charge in [-0.2, -0.15) is 0 Å². The second kappa shape index (κ2) is 7.93. The number of Topliss-reactive ketones (excluding diaryl/α,β-unsaturated/α-hetero) is 1. The first-order valence-electron chi connectivity index (χ1n) is 8.92. The van der Waals surface area contributed by atoms with Gasteiger partial charge in [0.25, 0.3) is 0 Å². The lowest BCUT2D eigenvalue weighted by Crippen LogP contribution is -2.45. The number of rotatable bonds is 5. The average Bonchev–Trinajstić information content (AvgIpc) is 2.53. The third kappa shape index (κ3) is 3.86. The van der Waals surface area contributed by atoms with E-state index in [1.54, 1.807) is 14.0 Å². The number of aryl methyl sites for hydroxylation is 2. The summed E-state index contributed by atoms with van der Waals surface area (Å²) in [5, 5.41) is 6.39. The molecule has 0 saturated heterocycles. The third-order valence-corrected chi connectivity index (χ3v) is 5.37. The van der Waals surface area contributed by atoms with Gasteiger partial charge in [-0.1, -0.05) is 18.9 Å². The fourth-order valence-electron chi connectivity index (χ4n) is 4.15. The quantitative estimate of drug-likeness (QED) is 0.815. The van der Waals surface area contributed by atoms with Crippen molar-refractivity contribution in [3.63, 3.8) is 0 Å². The second-order valence-electron chi connectivity index (χ2n) is 7.04.